The number of pyridine rings is 1. The molecule has 0 saturated carbocycles. The number of halogens is 3. The van der Waals surface area contributed by atoms with Gasteiger partial charge in [-0.3, -0.25) is 4.98 Å². The molecule has 182 valence electrons. The van der Waals surface area contributed by atoms with Gasteiger partial charge in [-0.2, -0.15) is 13.2 Å². The van der Waals surface area contributed by atoms with Gasteiger partial charge in [0, 0.05) is 35.2 Å². The van der Waals surface area contributed by atoms with Crippen LogP contribution in [0, 0.1) is 0 Å². The van der Waals surface area contributed by atoms with Crippen LogP contribution in [0.4, 0.5) is 18.0 Å². The van der Waals surface area contributed by atoms with E-state index in [1.807, 2.05) is 24.4 Å². The first-order valence-corrected chi connectivity index (χ1v) is 10.6. The minimum absolute atomic E-state index is 0.0243. The second kappa shape index (κ2) is 10.4. The molecule has 1 aliphatic rings. The Labute approximate surface area is 191 Å². The number of fused-ring (bicyclic) bond motifs is 1. The zero-order chi connectivity index (χ0) is 24.9. The van der Waals surface area contributed by atoms with Gasteiger partial charge in [0.25, 0.3) is 0 Å². The summed E-state index contributed by atoms with van der Waals surface area (Å²) in [5.74, 6) is -2.76. The summed E-state index contributed by atoms with van der Waals surface area (Å²) in [5.41, 5.74) is 2.18. The molecule has 10 heteroatoms. The van der Waals surface area contributed by atoms with Crippen LogP contribution in [0.5, 0.6) is 0 Å². The minimum atomic E-state index is -5.08. The molecule has 0 atom stereocenters. The lowest BCUT2D eigenvalue weighted by Crippen LogP contribution is -2.62. The SMILES string of the molecule is CC1(C)CC(NC(=O)NCCc2cnc3ccccc3c2)CC(C)(C)N1.O=C(O)C(F)(F)F. The molecule has 33 heavy (non-hydrogen) atoms. The molecule has 1 aromatic heterocycles. The summed E-state index contributed by atoms with van der Waals surface area (Å²) >= 11 is 0. The zero-order valence-electron chi connectivity index (χ0n) is 19.2. The van der Waals surface area contributed by atoms with Gasteiger partial charge in [-0.1, -0.05) is 18.2 Å². The number of carbonyl (C=O) groups is 2. The monoisotopic (exact) mass is 468 g/mol. The van der Waals surface area contributed by atoms with Crippen molar-refractivity contribution >= 4 is 22.9 Å². The largest absolute Gasteiger partial charge is 0.490 e. The number of alkyl halides is 3. The number of aliphatic carboxylic acids is 1. The molecule has 7 nitrogen and oxygen atoms in total. The molecule has 3 rings (SSSR count). The van der Waals surface area contributed by atoms with Crippen molar-refractivity contribution in [2.24, 2.45) is 0 Å². The van der Waals surface area contributed by atoms with E-state index in [0.29, 0.717) is 6.54 Å². The molecular weight excluding hydrogens is 437 g/mol. The molecule has 1 aromatic carbocycles. The Hall–Kier alpha value is -2.88. The van der Waals surface area contributed by atoms with Gasteiger partial charge in [0.1, 0.15) is 0 Å². The van der Waals surface area contributed by atoms with E-state index in [9.17, 15) is 18.0 Å². The number of piperidine rings is 1. The molecule has 0 spiro atoms. The smallest absolute Gasteiger partial charge is 0.475 e. The summed E-state index contributed by atoms with van der Waals surface area (Å²) < 4.78 is 31.7. The molecule has 0 radical (unpaired) electrons. The van der Waals surface area contributed by atoms with Gasteiger partial charge in [-0.15, -0.1) is 0 Å². The number of carbonyl (C=O) groups excluding carboxylic acids is 1. The second-order valence-electron chi connectivity index (χ2n) is 9.49. The highest BCUT2D eigenvalue weighted by molar-refractivity contribution is 5.78. The van der Waals surface area contributed by atoms with Gasteiger partial charge in [0.05, 0.1) is 5.52 Å². The van der Waals surface area contributed by atoms with Gasteiger partial charge in [0.2, 0.25) is 0 Å². The Balaban J connectivity index is 0.000000479. The molecule has 2 aromatic rings. The van der Waals surface area contributed by atoms with E-state index in [4.69, 9.17) is 9.90 Å². The Bertz CT molecular complexity index is 961. The lowest BCUT2D eigenvalue weighted by Gasteiger charge is -2.46. The average molecular weight is 469 g/mol. The van der Waals surface area contributed by atoms with Gasteiger partial charge in [-0.05, 0) is 64.7 Å². The van der Waals surface area contributed by atoms with Crippen LogP contribution in [0.1, 0.15) is 46.1 Å². The maximum absolute atomic E-state index is 12.3. The van der Waals surface area contributed by atoms with E-state index in [-0.39, 0.29) is 23.2 Å². The number of amides is 2. The van der Waals surface area contributed by atoms with Gasteiger partial charge in [-0.25, -0.2) is 9.59 Å². The van der Waals surface area contributed by atoms with Crippen LogP contribution in [-0.2, 0) is 11.2 Å². The number of benzene rings is 1. The Morgan fingerprint density at radius 1 is 1.15 bits per heavy atom. The summed E-state index contributed by atoms with van der Waals surface area (Å²) in [6, 6.07) is 10.3. The topological polar surface area (TPSA) is 103 Å². The first-order valence-electron chi connectivity index (χ1n) is 10.6. The molecule has 0 bridgehead atoms. The van der Waals surface area contributed by atoms with Crippen LogP contribution in [0.15, 0.2) is 36.5 Å². The van der Waals surface area contributed by atoms with E-state index in [1.165, 1.54) is 0 Å². The van der Waals surface area contributed by atoms with Crippen molar-refractivity contribution in [2.45, 2.75) is 70.3 Å². The number of rotatable bonds is 4. The first-order chi connectivity index (χ1) is 15.2. The summed E-state index contributed by atoms with van der Waals surface area (Å²) in [4.78, 5) is 25.6. The molecule has 2 amide bonds. The number of urea groups is 1. The van der Waals surface area contributed by atoms with Crippen molar-refractivity contribution in [3.8, 4) is 0 Å². The number of hydrogen-bond donors (Lipinski definition) is 4. The van der Waals surface area contributed by atoms with Crippen molar-refractivity contribution in [2.75, 3.05) is 6.54 Å². The number of hydrogen-bond acceptors (Lipinski definition) is 4. The third kappa shape index (κ3) is 8.88. The summed E-state index contributed by atoms with van der Waals surface area (Å²) in [7, 11) is 0. The third-order valence-corrected chi connectivity index (χ3v) is 5.11. The molecule has 4 N–H and O–H groups in total. The minimum Gasteiger partial charge on any atom is -0.475 e. The molecule has 0 aliphatic carbocycles. The van der Waals surface area contributed by atoms with Gasteiger partial charge < -0.3 is 21.1 Å². The van der Waals surface area contributed by atoms with Gasteiger partial charge >= 0.3 is 18.2 Å². The Morgan fingerprint density at radius 2 is 1.73 bits per heavy atom. The molecular formula is C23H31F3N4O3. The molecule has 1 saturated heterocycles. The highest BCUT2D eigenvalue weighted by Crippen LogP contribution is 2.28. The standard InChI is InChI=1S/C21H30N4O.C2HF3O2/c1-20(2)12-17(13-21(3,4)25-20)24-19(26)22-10-9-15-11-16-7-5-6-8-18(16)23-14-15;3-2(4,5)1(6)7/h5-8,11,14,17,25H,9-10,12-13H2,1-4H3,(H2,22,24,26);(H,6,7). The van der Waals surface area contributed by atoms with E-state index in [2.05, 4.69) is 60.8 Å². The fourth-order valence-corrected chi connectivity index (χ4v) is 4.23. The van der Waals surface area contributed by atoms with Crippen LogP contribution in [0.25, 0.3) is 10.9 Å². The Morgan fingerprint density at radius 3 is 2.30 bits per heavy atom. The van der Waals surface area contributed by atoms with Crippen molar-refractivity contribution in [1.82, 2.24) is 20.9 Å². The maximum atomic E-state index is 12.3. The molecule has 2 heterocycles. The van der Waals surface area contributed by atoms with Gasteiger partial charge in [0.15, 0.2) is 0 Å². The van der Waals surface area contributed by atoms with Crippen molar-refractivity contribution < 1.29 is 27.9 Å². The molecule has 1 fully saturated rings. The lowest BCUT2D eigenvalue weighted by atomic mass is 9.80. The number of nitrogens with zero attached hydrogens (tertiary/aromatic N) is 1. The fraction of sp³-hybridized carbons (Fsp3) is 0.522. The van der Waals surface area contributed by atoms with E-state index in [1.54, 1.807) is 0 Å². The number of para-hydroxylation sites is 1. The van der Waals surface area contributed by atoms with Crippen molar-refractivity contribution in [1.29, 1.82) is 0 Å². The average Bonchev–Trinajstić information content (AvgIpc) is 2.65. The summed E-state index contributed by atoms with van der Waals surface area (Å²) in [6.07, 6.45) is -0.564. The van der Waals surface area contributed by atoms with Crippen LogP contribution in [0.2, 0.25) is 0 Å². The van der Waals surface area contributed by atoms with Crippen LogP contribution < -0.4 is 16.0 Å². The molecule has 0 unspecified atom stereocenters. The number of aromatic nitrogens is 1. The van der Waals surface area contributed by atoms with Crippen LogP contribution in [-0.4, -0.2) is 51.9 Å². The molecule has 1 aliphatic heterocycles. The highest BCUT2D eigenvalue weighted by Gasteiger charge is 2.39. The fourth-order valence-electron chi connectivity index (χ4n) is 4.23. The quantitative estimate of drug-likeness (QED) is 0.543. The predicted octanol–water partition coefficient (Wildman–Crippen LogP) is 4.02. The van der Waals surface area contributed by atoms with E-state index >= 15 is 0 Å². The van der Waals surface area contributed by atoms with E-state index in [0.717, 1.165) is 35.7 Å². The number of carboxylic acids is 1. The zero-order valence-corrected chi connectivity index (χ0v) is 19.2. The number of nitrogens with one attached hydrogen (secondary N) is 3. The Kier molecular flexibility index (Phi) is 8.29. The predicted molar refractivity (Wildman–Crippen MR) is 120 cm³/mol. The van der Waals surface area contributed by atoms with Crippen molar-refractivity contribution in [3.63, 3.8) is 0 Å². The normalized spacial score (nSPS) is 17.5. The summed E-state index contributed by atoms with van der Waals surface area (Å²) in [5, 5.41) is 18.0. The summed E-state index contributed by atoms with van der Waals surface area (Å²) in [6.45, 7) is 9.35. The lowest BCUT2D eigenvalue weighted by molar-refractivity contribution is -0.192. The highest BCUT2D eigenvalue weighted by atomic mass is 19.4. The third-order valence-electron chi connectivity index (χ3n) is 5.11. The first kappa shape index (κ1) is 26.4. The number of carboxylic acid groups (broad SMARTS) is 1. The van der Waals surface area contributed by atoms with Crippen LogP contribution >= 0.6 is 0 Å². The second-order valence-corrected chi connectivity index (χ2v) is 9.49. The van der Waals surface area contributed by atoms with Crippen LogP contribution in [0.3, 0.4) is 0 Å². The van der Waals surface area contributed by atoms with Crippen molar-refractivity contribution in [3.05, 3.63) is 42.1 Å². The van der Waals surface area contributed by atoms with E-state index < -0.39 is 12.1 Å². The maximum Gasteiger partial charge on any atom is 0.490 e.